The molecule has 126 valence electrons. The second-order valence-electron chi connectivity index (χ2n) is 5.12. The maximum Gasteiger partial charge on any atom is 0.244 e. The summed E-state index contributed by atoms with van der Waals surface area (Å²) in [6.45, 7) is 0.0435. The van der Waals surface area contributed by atoms with Gasteiger partial charge in [0.1, 0.15) is 5.75 Å². The van der Waals surface area contributed by atoms with Crippen molar-refractivity contribution in [3.8, 4) is 17.2 Å². The molecule has 0 fully saturated rings. The van der Waals surface area contributed by atoms with E-state index in [-0.39, 0.29) is 24.0 Å². The van der Waals surface area contributed by atoms with Gasteiger partial charge in [0.05, 0.1) is 13.2 Å². The minimum atomic E-state index is -0.868. The summed E-state index contributed by atoms with van der Waals surface area (Å²) in [5, 5.41) is 31.4. The zero-order valence-corrected chi connectivity index (χ0v) is 13.1. The van der Waals surface area contributed by atoms with E-state index in [9.17, 15) is 20.1 Å². The predicted octanol–water partition coefficient (Wildman–Crippen LogP) is 1.97. The molecule has 0 aliphatic heterocycles. The number of carbonyl (C=O) groups is 1. The number of methoxy groups -OCH3 is 1. The number of benzene rings is 2. The molecule has 0 radical (unpaired) electrons. The fourth-order valence-electron chi connectivity index (χ4n) is 2.05. The van der Waals surface area contributed by atoms with Crippen LogP contribution in [0, 0.1) is 0 Å². The van der Waals surface area contributed by atoms with Crippen LogP contribution >= 0.6 is 0 Å². The molecule has 24 heavy (non-hydrogen) atoms. The highest BCUT2D eigenvalue weighted by Crippen LogP contribution is 2.26. The first-order chi connectivity index (χ1) is 11.5. The smallest absolute Gasteiger partial charge is 0.244 e. The lowest BCUT2D eigenvalue weighted by Gasteiger charge is -2.11. The van der Waals surface area contributed by atoms with Crippen LogP contribution in [0.25, 0.3) is 6.08 Å². The highest BCUT2D eigenvalue weighted by molar-refractivity contribution is 5.91. The van der Waals surface area contributed by atoms with Crippen molar-refractivity contribution in [2.75, 3.05) is 13.7 Å². The van der Waals surface area contributed by atoms with Crippen molar-refractivity contribution in [2.45, 2.75) is 6.10 Å². The normalized spacial score (nSPS) is 12.1. The van der Waals surface area contributed by atoms with Gasteiger partial charge in [-0.15, -0.1) is 0 Å². The monoisotopic (exact) mass is 329 g/mol. The molecule has 6 heteroatoms. The molecule has 0 saturated heterocycles. The largest absolute Gasteiger partial charge is 0.508 e. The Kier molecular flexibility index (Phi) is 5.81. The first kappa shape index (κ1) is 17.4. The Morgan fingerprint density at radius 1 is 1.21 bits per heavy atom. The Balaban J connectivity index is 1.88. The van der Waals surface area contributed by atoms with E-state index < -0.39 is 6.10 Å². The Bertz CT molecular complexity index is 725. The van der Waals surface area contributed by atoms with Crippen LogP contribution in [-0.2, 0) is 4.79 Å². The van der Waals surface area contributed by atoms with E-state index in [1.54, 1.807) is 30.3 Å². The predicted molar refractivity (Wildman–Crippen MR) is 89.8 cm³/mol. The van der Waals surface area contributed by atoms with Crippen molar-refractivity contribution in [1.29, 1.82) is 0 Å². The van der Waals surface area contributed by atoms with Crippen LogP contribution < -0.4 is 10.1 Å². The standard InChI is InChI=1S/C18H19NO5/c1-24-17-8-2-12(10-15(17)21)3-9-18(23)19-11-16(22)13-4-6-14(20)7-5-13/h2-10,16,20-22H,11H2,1H3,(H,19,23)/t16-/m0/s1. The van der Waals surface area contributed by atoms with Crippen molar-refractivity contribution in [3.05, 3.63) is 59.7 Å². The summed E-state index contributed by atoms with van der Waals surface area (Å²) < 4.78 is 4.94. The summed E-state index contributed by atoms with van der Waals surface area (Å²) in [4.78, 5) is 11.8. The fourth-order valence-corrected chi connectivity index (χ4v) is 2.05. The number of ether oxygens (including phenoxy) is 1. The van der Waals surface area contributed by atoms with Crippen LogP contribution in [0.2, 0.25) is 0 Å². The van der Waals surface area contributed by atoms with Crippen molar-refractivity contribution >= 4 is 12.0 Å². The molecule has 0 saturated carbocycles. The van der Waals surface area contributed by atoms with Gasteiger partial charge in [-0.25, -0.2) is 0 Å². The first-order valence-electron chi connectivity index (χ1n) is 7.29. The number of carbonyl (C=O) groups excluding carboxylic acids is 1. The van der Waals surface area contributed by atoms with Gasteiger partial charge in [0.25, 0.3) is 0 Å². The molecule has 0 aromatic heterocycles. The Hall–Kier alpha value is -2.99. The van der Waals surface area contributed by atoms with E-state index in [0.717, 1.165) is 0 Å². The molecule has 0 bridgehead atoms. The fraction of sp³-hybridized carbons (Fsp3) is 0.167. The number of amides is 1. The Labute approximate surface area is 139 Å². The molecule has 0 heterocycles. The number of aliphatic hydroxyl groups is 1. The van der Waals surface area contributed by atoms with E-state index in [0.29, 0.717) is 16.9 Å². The van der Waals surface area contributed by atoms with E-state index in [1.807, 2.05) is 0 Å². The molecule has 1 amide bonds. The van der Waals surface area contributed by atoms with E-state index in [4.69, 9.17) is 4.74 Å². The summed E-state index contributed by atoms with van der Waals surface area (Å²) >= 11 is 0. The van der Waals surface area contributed by atoms with Gasteiger partial charge >= 0.3 is 0 Å². The Morgan fingerprint density at radius 3 is 2.54 bits per heavy atom. The highest BCUT2D eigenvalue weighted by atomic mass is 16.5. The maximum atomic E-state index is 11.8. The summed E-state index contributed by atoms with van der Waals surface area (Å²) in [6.07, 6.45) is 1.99. The number of aromatic hydroxyl groups is 2. The Morgan fingerprint density at radius 2 is 1.92 bits per heavy atom. The third-order valence-corrected chi connectivity index (χ3v) is 3.38. The molecule has 6 nitrogen and oxygen atoms in total. The van der Waals surface area contributed by atoms with Gasteiger partial charge in [-0.05, 0) is 41.5 Å². The van der Waals surface area contributed by atoms with Gasteiger partial charge in [0.2, 0.25) is 5.91 Å². The molecular weight excluding hydrogens is 310 g/mol. The van der Waals surface area contributed by atoms with Gasteiger partial charge < -0.3 is 25.4 Å². The summed E-state index contributed by atoms with van der Waals surface area (Å²) in [5.74, 6) is 0.0835. The third kappa shape index (κ3) is 4.76. The van der Waals surface area contributed by atoms with Gasteiger partial charge in [-0.2, -0.15) is 0 Å². The van der Waals surface area contributed by atoms with Crippen molar-refractivity contribution in [1.82, 2.24) is 5.32 Å². The van der Waals surface area contributed by atoms with E-state index in [2.05, 4.69) is 5.32 Å². The van der Waals surface area contributed by atoms with Crippen LogP contribution in [0.15, 0.2) is 48.5 Å². The zero-order chi connectivity index (χ0) is 17.5. The van der Waals surface area contributed by atoms with Crippen LogP contribution in [0.4, 0.5) is 0 Å². The van der Waals surface area contributed by atoms with Crippen molar-refractivity contribution < 1.29 is 24.9 Å². The lowest BCUT2D eigenvalue weighted by molar-refractivity contribution is -0.116. The first-order valence-corrected chi connectivity index (χ1v) is 7.29. The third-order valence-electron chi connectivity index (χ3n) is 3.38. The number of aliphatic hydroxyl groups excluding tert-OH is 1. The lowest BCUT2D eigenvalue weighted by atomic mass is 10.1. The number of hydrogen-bond donors (Lipinski definition) is 4. The van der Waals surface area contributed by atoms with Crippen molar-refractivity contribution in [2.24, 2.45) is 0 Å². The van der Waals surface area contributed by atoms with Crippen LogP contribution in [0.1, 0.15) is 17.2 Å². The molecule has 0 aliphatic rings. The van der Waals surface area contributed by atoms with E-state index >= 15 is 0 Å². The summed E-state index contributed by atoms with van der Waals surface area (Å²) in [7, 11) is 1.46. The average molecular weight is 329 g/mol. The van der Waals surface area contributed by atoms with Gasteiger partial charge in [0, 0.05) is 12.6 Å². The quantitative estimate of drug-likeness (QED) is 0.607. The average Bonchev–Trinajstić information content (AvgIpc) is 2.58. The molecule has 2 aromatic rings. The molecule has 2 rings (SSSR count). The SMILES string of the molecule is COc1ccc(C=CC(=O)NC[C@H](O)c2ccc(O)cc2)cc1O. The minimum absolute atomic E-state index is 0.0113. The number of phenolic OH excluding ortho intramolecular Hbond substituents is 2. The molecule has 0 spiro atoms. The van der Waals surface area contributed by atoms with Crippen LogP contribution in [0.5, 0.6) is 17.2 Å². The molecule has 1 atom stereocenters. The van der Waals surface area contributed by atoms with Crippen LogP contribution in [-0.4, -0.2) is 34.9 Å². The second kappa shape index (κ2) is 8.03. The number of nitrogens with one attached hydrogen (secondary N) is 1. The number of rotatable bonds is 6. The highest BCUT2D eigenvalue weighted by Gasteiger charge is 2.08. The van der Waals surface area contributed by atoms with Crippen molar-refractivity contribution in [3.63, 3.8) is 0 Å². The summed E-state index contributed by atoms with van der Waals surface area (Å²) in [5.41, 5.74) is 1.24. The number of hydrogen-bond acceptors (Lipinski definition) is 5. The second-order valence-corrected chi connectivity index (χ2v) is 5.12. The van der Waals surface area contributed by atoms with E-state index in [1.165, 1.54) is 31.4 Å². The molecule has 4 N–H and O–H groups in total. The summed E-state index contributed by atoms with van der Waals surface area (Å²) in [6, 6.07) is 10.9. The molecular formula is C18H19NO5. The minimum Gasteiger partial charge on any atom is -0.508 e. The lowest BCUT2D eigenvalue weighted by Crippen LogP contribution is -2.26. The number of phenols is 2. The topological polar surface area (TPSA) is 99.0 Å². The van der Waals surface area contributed by atoms with Crippen LogP contribution in [0.3, 0.4) is 0 Å². The molecule has 0 unspecified atom stereocenters. The maximum absolute atomic E-state index is 11.8. The molecule has 2 aromatic carbocycles. The zero-order valence-electron chi connectivity index (χ0n) is 13.1. The molecule has 0 aliphatic carbocycles. The van der Waals surface area contributed by atoms with Gasteiger partial charge in [0.15, 0.2) is 11.5 Å². The van der Waals surface area contributed by atoms with Gasteiger partial charge in [-0.3, -0.25) is 4.79 Å². The van der Waals surface area contributed by atoms with Gasteiger partial charge in [-0.1, -0.05) is 18.2 Å².